The highest BCUT2D eigenvalue weighted by Crippen LogP contribution is 2.28. The van der Waals surface area contributed by atoms with Crippen molar-refractivity contribution in [2.24, 2.45) is 0 Å². The minimum absolute atomic E-state index is 0.207. The fourth-order valence-corrected chi connectivity index (χ4v) is 4.45. The molecule has 1 saturated heterocycles. The number of amides is 1. The number of hydrogen-bond donors (Lipinski definition) is 1. The molecule has 1 amide bonds. The van der Waals surface area contributed by atoms with E-state index >= 15 is 0 Å². The van der Waals surface area contributed by atoms with Gasteiger partial charge in [-0.15, -0.1) is 0 Å². The first-order valence-electron chi connectivity index (χ1n) is 4.82. The molecule has 0 aromatic carbocycles. The van der Waals surface area contributed by atoms with Gasteiger partial charge in [0, 0.05) is 26.3 Å². The van der Waals surface area contributed by atoms with Crippen LogP contribution >= 0.6 is 0 Å². The average molecular weight is 201 g/mol. The second-order valence-corrected chi connectivity index (χ2v) is 9.54. The molecule has 3 nitrogen and oxygen atoms in total. The highest BCUT2D eigenvalue weighted by molar-refractivity contribution is 6.78. The van der Waals surface area contributed by atoms with Crippen molar-refractivity contribution >= 4 is 14.0 Å². The smallest absolute Gasteiger partial charge is 0.219 e. The van der Waals surface area contributed by atoms with Gasteiger partial charge in [-0.25, -0.2) is 0 Å². The summed E-state index contributed by atoms with van der Waals surface area (Å²) in [6, 6.07) is 0. The lowest BCUT2D eigenvalue weighted by molar-refractivity contribution is -0.122. The van der Waals surface area contributed by atoms with Crippen molar-refractivity contribution in [3.05, 3.63) is 0 Å². The molecule has 1 aliphatic rings. The van der Waals surface area contributed by atoms with E-state index in [1.54, 1.807) is 7.11 Å². The third-order valence-corrected chi connectivity index (χ3v) is 6.62. The zero-order valence-corrected chi connectivity index (χ0v) is 9.72. The van der Waals surface area contributed by atoms with Gasteiger partial charge in [0.15, 0.2) is 0 Å². The van der Waals surface area contributed by atoms with E-state index in [1.165, 1.54) is 0 Å². The number of rotatable bonds is 3. The largest absolute Gasteiger partial charge is 0.388 e. The highest BCUT2D eigenvalue weighted by atomic mass is 28.3. The van der Waals surface area contributed by atoms with Crippen LogP contribution in [-0.4, -0.2) is 33.9 Å². The van der Waals surface area contributed by atoms with Gasteiger partial charge < -0.3 is 10.1 Å². The van der Waals surface area contributed by atoms with Crippen molar-refractivity contribution in [1.29, 1.82) is 0 Å². The Labute approximate surface area is 80.9 Å². The maximum absolute atomic E-state index is 11.0. The number of methoxy groups -OCH3 is 1. The van der Waals surface area contributed by atoms with Gasteiger partial charge in [0.1, 0.15) is 0 Å². The van der Waals surface area contributed by atoms with Crippen LogP contribution in [0.4, 0.5) is 0 Å². The molecular weight excluding hydrogens is 182 g/mol. The van der Waals surface area contributed by atoms with Crippen LogP contribution in [0.5, 0.6) is 0 Å². The molecule has 1 fully saturated rings. The third-order valence-electron chi connectivity index (χ3n) is 2.89. The molecule has 0 spiro atoms. The van der Waals surface area contributed by atoms with E-state index in [9.17, 15) is 4.79 Å². The van der Waals surface area contributed by atoms with Gasteiger partial charge in [0.25, 0.3) is 0 Å². The third kappa shape index (κ3) is 2.81. The van der Waals surface area contributed by atoms with Gasteiger partial charge in [-0.2, -0.15) is 0 Å². The Kier molecular flexibility index (Phi) is 3.50. The van der Waals surface area contributed by atoms with E-state index in [-0.39, 0.29) is 5.91 Å². The molecule has 0 bridgehead atoms. The summed E-state index contributed by atoms with van der Waals surface area (Å²) in [6.45, 7) is 5.53. The number of carbonyl (C=O) groups is 1. The van der Waals surface area contributed by atoms with Crippen molar-refractivity contribution < 1.29 is 9.53 Å². The van der Waals surface area contributed by atoms with E-state index in [1.807, 2.05) is 0 Å². The van der Waals surface area contributed by atoms with Gasteiger partial charge in [-0.3, -0.25) is 4.79 Å². The molecule has 4 heteroatoms. The molecule has 1 aliphatic heterocycles. The monoisotopic (exact) mass is 201 g/mol. The Bertz CT molecular complexity index is 184. The van der Waals surface area contributed by atoms with E-state index in [0.29, 0.717) is 12.0 Å². The Morgan fingerprint density at radius 1 is 1.62 bits per heavy atom. The predicted octanol–water partition coefficient (Wildman–Crippen LogP) is 1.16. The molecule has 1 heterocycles. The van der Waals surface area contributed by atoms with E-state index < -0.39 is 8.07 Å². The van der Waals surface area contributed by atoms with Crippen molar-refractivity contribution in [2.45, 2.75) is 31.5 Å². The summed E-state index contributed by atoms with van der Waals surface area (Å²) in [5, 5.41) is 2.94. The highest BCUT2D eigenvalue weighted by Gasteiger charge is 2.34. The fourth-order valence-electron chi connectivity index (χ4n) is 1.89. The van der Waals surface area contributed by atoms with Crippen LogP contribution in [0.3, 0.4) is 0 Å². The van der Waals surface area contributed by atoms with Crippen LogP contribution in [-0.2, 0) is 9.53 Å². The molecule has 13 heavy (non-hydrogen) atoms. The Balaban J connectivity index is 2.47. The Hall–Kier alpha value is -0.353. The minimum atomic E-state index is -1.27. The minimum Gasteiger partial charge on any atom is -0.388 e. The lowest BCUT2D eigenvalue weighted by Gasteiger charge is -2.34. The van der Waals surface area contributed by atoms with Gasteiger partial charge in [-0.1, -0.05) is 13.1 Å². The number of piperidine rings is 1. The van der Waals surface area contributed by atoms with Crippen LogP contribution in [0.15, 0.2) is 0 Å². The van der Waals surface area contributed by atoms with Gasteiger partial charge >= 0.3 is 0 Å². The normalized spacial score (nSPS) is 24.2. The molecule has 0 aromatic rings. The maximum Gasteiger partial charge on any atom is 0.219 e. The van der Waals surface area contributed by atoms with Crippen molar-refractivity contribution in [1.82, 2.24) is 5.32 Å². The summed E-state index contributed by atoms with van der Waals surface area (Å²) < 4.78 is 5.24. The zero-order chi connectivity index (χ0) is 9.90. The van der Waals surface area contributed by atoms with E-state index in [0.717, 1.165) is 19.2 Å². The molecule has 0 aromatic heterocycles. The van der Waals surface area contributed by atoms with Crippen LogP contribution in [0.1, 0.15) is 12.8 Å². The first-order chi connectivity index (χ1) is 6.06. The molecule has 0 aliphatic carbocycles. The summed E-state index contributed by atoms with van der Waals surface area (Å²) in [5.41, 5.74) is 0.685. The van der Waals surface area contributed by atoms with Crippen LogP contribution in [0.25, 0.3) is 0 Å². The predicted molar refractivity (Wildman–Crippen MR) is 55.4 cm³/mol. The summed E-state index contributed by atoms with van der Waals surface area (Å²) >= 11 is 0. The lowest BCUT2D eigenvalue weighted by atomic mass is 10.1. The SMILES string of the molecule is COC[Si](C)(C)C1CCC(=O)NC1. The summed E-state index contributed by atoms with van der Waals surface area (Å²) in [6.07, 6.45) is 2.65. The molecule has 1 atom stereocenters. The van der Waals surface area contributed by atoms with Gasteiger partial charge in [-0.05, 0) is 12.0 Å². The molecule has 76 valence electrons. The number of ether oxygens (including phenoxy) is 1. The summed E-state index contributed by atoms with van der Waals surface area (Å²) in [5.74, 6) is 0.207. The molecule has 1 N–H and O–H groups in total. The lowest BCUT2D eigenvalue weighted by Crippen LogP contribution is -2.46. The zero-order valence-electron chi connectivity index (χ0n) is 8.72. The Morgan fingerprint density at radius 3 is 2.77 bits per heavy atom. The summed E-state index contributed by atoms with van der Waals surface area (Å²) in [4.78, 5) is 11.0. The number of hydrogen-bond acceptors (Lipinski definition) is 2. The van der Waals surface area contributed by atoms with Crippen LogP contribution in [0.2, 0.25) is 18.6 Å². The second-order valence-electron chi connectivity index (χ2n) is 4.46. The van der Waals surface area contributed by atoms with Crippen molar-refractivity contribution in [3.8, 4) is 0 Å². The molecular formula is C9H19NO2Si. The van der Waals surface area contributed by atoms with Crippen molar-refractivity contribution in [3.63, 3.8) is 0 Å². The second kappa shape index (κ2) is 4.24. The van der Waals surface area contributed by atoms with Crippen LogP contribution < -0.4 is 5.32 Å². The van der Waals surface area contributed by atoms with E-state index in [2.05, 4.69) is 18.4 Å². The maximum atomic E-state index is 11.0. The van der Waals surface area contributed by atoms with Gasteiger partial charge in [0.2, 0.25) is 5.91 Å². The average Bonchev–Trinajstić information content (AvgIpc) is 2.05. The van der Waals surface area contributed by atoms with Crippen molar-refractivity contribution in [2.75, 3.05) is 19.9 Å². The fraction of sp³-hybridized carbons (Fsp3) is 0.889. The van der Waals surface area contributed by atoms with E-state index in [4.69, 9.17) is 4.74 Å². The summed E-state index contributed by atoms with van der Waals surface area (Å²) in [7, 11) is 0.491. The first-order valence-corrected chi connectivity index (χ1v) is 8.10. The molecule has 1 rings (SSSR count). The number of carbonyl (C=O) groups excluding carboxylic acids is 1. The number of nitrogens with one attached hydrogen (secondary N) is 1. The van der Waals surface area contributed by atoms with Gasteiger partial charge in [0.05, 0.1) is 8.07 Å². The molecule has 1 unspecified atom stereocenters. The topological polar surface area (TPSA) is 38.3 Å². The first kappa shape index (κ1) is 10.7. The standard InChI is InChI=1S/C9H19NO2Si/c1-12-7-13(2,3)8-4-5-9(11)10-6-8/h8H,4-7H2,1-3H3,(H,10,11). The van der Waals surface area contributed by atoms with Crippen LogP contribution in [0, 0.1) is 0 Å². The Morgan fingerprint density at radius 2 is 2.31 bits per heavy atom. The quantitative estimate of drug-likeness (QED) is 0.696. The molecule has 0 saturated carbocycles. The molecule has 0 radical (unpaired) electrons.